The van der Waals surface area contributed by atoms with Crippen LogP contribution in [0.5, 0.6) is 0 Å². The van der Waals surface area contributed by atoms with Gasteiger partial charge in [0.15, 0.2) is 0 Å². The van der Waals surface area contributed by atoms with Crippen molar-refractivity contribution in [3.8, 4) is 0 Å². The van der Waals surface area contributed by atoms with Gasteiger partial charge in [-0.1, -0.05) is 5.57 Å². The highest BCUT2D eigenvalue weighted by atomic mass is 16.6. The molecule has 0 radical (unpaired) electrons. The molecule has 68 valence electrons. The summed E-state index contributed by atoms with van der Waals surface area (Å²) in [5, 5.41) is 0. The van der Waals surface area contributed by atoms with Gasteiger partial charge < -0.3 is 4.74 Å². The van der Waals surface area contributed by atoms with Crippen LogP contribution < -0.4 is 0 Å². The fraction of sp³-hybridized carbons (Fsp3) is 0.700. The maximum absolute atomic E-state index is 10.1. The predicted molar refractivity (Wildman–Crippen MR) is 48.0 cm³/mol. The molecule has 1 aliphatic heterocycles. The number of hydrogen-bond acceptors (Lipinski definition) is 2. The first-order valence-corrected chi connectivity index (χ1v) is 4.35. The second-order valence-electron chi connectivity index (χ2n) is 3.90. The van der Waals surface area contributed by atoms with Crippen molar-refractivity contribution in [2.45, 2.75) is 45.3 Å². The number of hydrogen-bond donors (Lipinski definition) is 0. The van der Waals surface area contributed by atoms with E-state index in [-0.39, 0.29) is 5.60 Å². The molecule has 0 amide bonds. The molecule has 1 fully saturated rings. The first-order valence-electron chi connectivity index (χ1n) is 4.35. The van der Waals surface area contributed by atoms with E-state index in [4.69, 9.17) is 4.74 Å². The summed E-state index contributed by atoms with van der Waals surface area (Å²) in [6, 6.07) is 0. The Balaban J connectivity index is 2.19. The number of rotatable bonds is 4. The van der Waals surface area contributed by atoms with E-state index < -0.39 is 0 Å². The molecule has 1 heterocycles. The van der Waals surface area contributed by atoms with Crippen molar-refractivity contribution in [1.29, 1.82) is 0 Å². The number of epoxide rings is 1. The van der Waals surface area contributed by atoms with Gasteiger partial charge in [-0.3, -0.25) is 4.79 Å². The van der Waals surface area contributed by atoms with E-state index in [1.54, 1.807) is 6.08 Å². The zero-order valence-corrected chi connectivity index (χ0v) is 7.96. The topological polar surface area (TPSA) is 29.6 Å². The van der Waals surface area contributed by atoms with Gasteiger partial charge in [-0.2, -0.15) is 0 Å². The van der Waals surface area contributed by atoms with Crippen molar-refractivity contribution in [3.63, 3.8) is 0 Å². The van der Waals surface area contributed by atoms with E-state index in [1.807, 2.05) is 6.92 Å². The second kappa shape index (κ2) is 3.40. The molecule has 1 unspecified atom stereocenters. The average Bonchev–Trinajstić information content (AvgIpc) is 2.56. The summed E-state index contributed by atoms with van der Waals surface area (Å²) in [6.45, 7) is 6.16. The van der Waals surface area contributed by atoms with E-state index in [9.17, 15) is 4.79 Å². The van der Waals surface area contributed by atoms with Gasteiger partial charge in [0.25, 0.3) is 0 Å². The Morgan fingerprint density at radius 1 is 1.58 bits per heavy atom. The zero-order valence-electron chi connectivity index (χ0n) is 7.96. The summed E-state index contributed by atoms with van der Waals surface area (Å²) < 4.78 is 5.42. The van der Waals surface area contributed by atoms with Gasteiger partial charge in [-0.25, -0.2) is 0 Å². The van der Waals surface area contributed by atoms with Gasteiger partial charge in [0.05, 0.1) is 11.7 Å². The van der Waals surface area contributed by atoms with Crippen molar-refractivity contribution in [3.05, 3.63) is 11.6 Å². The lowest BCUT2D eigenvalue weighted by Gasteiger charge is -1.97. The van der Waals surface area contributed by atoms with Crippen LogP contribution in [0.1, 0.15) is 33.6 Å². The Kier molecular flexibility index (Phi) is 2.68. The van der Waals surface area contributed by atoms with Gasteiger partial charge in [-0.15, -0.1) is 0 Å². The van der Waals surface area contributed by atoms with Crippen LogP contribution in [-0.4, -0.2) is 18.0 Å². The summed E-state index contributed by atoms with van der Waals surface area (Å²) in [5.41, 5.74) is 1.22. The van der Waals surface area contributed by atoms with E-state index in [0.29, 0.717) is 6.10 Å². The molecule has 0 bridgehead atoms. The van der Waals surface area contributed by atoms with Gasteiger partial charge in [0.2, 0.25) is 0 Å². The molecule has 0 aromatic heterocycles. The van der Waals surface area contributed by atoms with Crippen LogP contribution in [0.15, 0.2) is 11.6 Å². The Bertz CT molecular complexity index is 204. The maximum Gasteiger partial charge on any atom is 0.142 e. The van der Waals surface area contributed by atoms with Gasteiger partial charge >= 0.3 is 0 Å². The lowest BCUT2D eigenvalue weighted by molar-refractivity contribution is -0.104. The molecule has 0 saturated carbocycles. The van der Waals surface area contributed by atoms with Crippen LogP contribution in [0, 0.1) is 0 Å². The standard InChI is InChI=1S/C10H16O2/c1-8(6-7-11)4-5-9-10(2,3)12-9/h6-7,9H,4-5H2,1-3H3/b8-6-. The van der Waals surface area contributed by atoms with Gasteiger partial charge in [0, 0.05) is 0 Å². The van der Waals surface area contributed by atoms with Gasteiger partial charge in [0.1, 0.15) is 6.29 Å². The Labute approximate surface area is 73.6 Å². The molecule has 0 aromatic rings. The van der Waals surface area contributed by atoms with Crippen molar-refractivity contribution >= 4 is 6.29 Å². The predicted octanol–water partition coefficient (Wildman–Crippen LogP) is 2.09. The van der Waals surface area contributed by atoms with Crippen LogP contribution in [0.25, 0.3) is 0 Å². The smallest absolute Gasteiger partial charge is 0.142 e. The third-order valence-electron chi connectivity index (χ3n) is 2.32. The summed E-state index contributed by atoms with van der Waals surface area (Å²) in [7, 11) is 0. The van der Waals surface area contributed by atoms with Crippen molar-refractivity contribution in [2.24, 2.45) is 0 Å². The average molecular weight is 168 g/mol. The number of carbonyl (C=O) groups excluding carboxylic acids is 1. The number of carbonyl (C=O) groups is 1. The van der Waals surface area contributed by atoms with Crippen molar-refractivity contribution < 1.29 is 9.53 Å². The highest BCUT2D eigenvalue weighted by Gasteiger charge is 2.46. The fourth-order valence-corrected chi connectivity index (χ4v) is 1.30. The molecule has 1 saturated heterocycles. The minimum absolute atomic E-state index is 0.0848. The molecule has 2 heteroatoms. The number of ether oxygens (including phenoxy) is 1. The first kappa shape index (κ1) is 9.46. The monoisotopic (exact) mass is 168 g/mol. The van der Waals surface area contributed by atoms with Crippen LogP contribution in [0.2, 0.25) is 0 Å². The largest absolute Gasteiger partial charge is 0.367 e. The molecular weight excluding hydrogens is 152 g/mol. The van der Waals surface area contributed by atoms with Crippen molar-refractivity contribution in [2.75, 3.05) is 0 Å². The second-order valence-corrected chi connectivity index (χ2v) is 3.90. The molecule has 0 aromatic carbocycles. The molecule has 0 aliphatic carbocycles. The van der Waals surface area contributed by atoms with Crippen molar-refractivity contribution in [1.82, 2.24) is 0 Å². The third-order valence-corrected chi connectivity index (χ3v) is 2.32. The Hall–Kier alpha value is -0.630. The van der Waals surface area contributed by atoms with E-state index in [2.05, 4.69) is 13.8 Å². The lowest BCUT2D eigenvalue weighted by atomic mass is 10.0. The first-order chi connectivity index (χ1) is 5.56. The quantitative estimate of drug-likeness (QED) is 0.365. The van der Waals surface area contributed by atoms with Crippen LogP contribution in [0.4, 0.5) is 0 Å². The van der Waals surface area contributed by atoms with Crippen LogP contribution >= 0.6 is 0 Å². The summed E-state index contributed by atoms with van der Waals surface area (Å²) in [6.07, 6.45) is 4.85. The molecule has 0 spiro atoms. The van der Waals surface area contributed by atoms with Crippen LogP contribution in [0.3, 0.4) is 0 Å². The van der Waals surface area contributed by atoms with Gasteiger partial charge in [-0.05, 0) is 39.7 Å². The highest BCUT2D eigenvalue weighted by molar-refractivity contribution is 5.65. The normalized spacial score (nSPS) is 26.9. The number of aldehydes is 1. The van der Waals surface area contributed by atoms with Crippen LogP contribution in [-0.2, 0) is 9.53 Å². The summed E-state index contributed by atoms with van der Waals surface area (Å²) in [5.74, 6) is 0. The minimum Gasteiger partial charge on any atom is -0.367 e. The SMILES string of the molecule is C/C(=C/C=O)CCC1OC1(C)C. The van der Waals surface area contributed by atoms with E-state index in [1.165, 1.54) is 0 Å². The molecule has 1 rings (SSSR count). The molecule has 1 atom stereocenters. The summed E-state index contributed by atoms with van der Waals surface area (Å²) in [4.78, 5) is 10.1. The summed E-state index contributed by atoms with van der Waals surface area (Å²) >= 11 is 0. The maximum atomic E-state index is 10.1. The third kappa shape index (κ3) is 2.45. The Morgan fingerprint density at radius 2 is 2.17 bits per heavy atom. The fourth-order valence-electron chi connectivity index (χ4n) is 1.30. The Morgan fingerprint density at radius 3 is 2.58 bits per heavy atom. The molecular formula is C10H16O2. The molecule has 12 heavy (non-hydrogen) atoms. The molecule has 0 N–H and O–H groups in total. The zero-order chi connectivity index (χ0) is 9.19. The highest BCUT2D eigenvalue weighted by Crippen LogP contribution is 2.38. The van der Waals surface area contributed by atoms with E-state index >= 15 is 0 Å². The minimum atomic E-state index is 0.0848. The van der Waals surface area contributed by atoms with E-state index in [0.717, 1.165) is 24.7 Å². The lowest BCUT2D eigenvalue weighted by Crippen LogP contribution is -2.02. The molecule has 2 nitrogen and oxygen atoms in total. The number of allylic oxidation sites excluding steroid dienone is 2. The molecule has 1 aliphatic rings.